The van der Waals surface area contributed by atoms with Gasteiger partial charge in [-0.05, 0) is 67.2 Å². The lowest BCUT2D eigenvalue weighted by atomic mass is 9.81. The quantitative estimate of drug-likeness (QED) is 0.723. The fraction of sp³-hybridized carbons (Fsp3) is 0.571. The van der Waals surface area contributed by atoms with Gasteiger partial charge in [0.2, 0.25) is 17.7 Å². The second-order valence-corrected chi connectivity index (χ2v) is 8.92. The summed E-state index contributed by atoms with van der Waals surface area (Å²) >= 11 is 3.52. The smallest absolute Gasteiger partial charge is 0.244 e. The monoisotopic (exact) mass is 432 g/mol. The van der Waals surface area contributed by atoms with Gasteiger partial charge in [0.25, 0.3) is 0 Å². The third-order valence-electron chi connectivity index (χ3n) is 6.61. The molecule has 4 atom stereocenters. The van der Waals surface area contributed by atoms with Gasteiger partial charge >= 0.3 is 0 Å². The highest BCUT2D eigenvalue weighted by Crippen LogP contribution is 2.56. The Hall–Kier alpha value is -1.69. The Morgan fingerprint density at radius 2 is 1.59 bits per heavy atom. The van der Waals surface area contributed by atoms with Crippen molar-refractivity contribution in [3.8, 4) is 0 Å². The number of benzene rings is 1. The summed E-state index contributed by atoms with van der Waals surface area (Å²) in [5, 5.41) is 2.97. The molecule has 0 radical (unpaired) electrons. The fourth-order valence-corrected chi connectivity index (χ4v) is 5.94. The standard InChI is InChI=1S/C21H25BrN2O3/c1-3-11-8-15(22)9-12(4-2)19(11)23-16(25)10-24-20(26)17-13-5-6-14(7-13)18(17)21(24)27/h8-9,13-14,17-18H,3-7,10H2,1-2H3,(H,23,25)/t13-,14-,17-,18+/m0/s1. The van der Waals surface area contributed by atoms with Crippen LogP contribution in [0.25, 0.3) is 0 Å². The number of anilines is 1. The number of halogens is 1. The number of carbonyl (C=O) groups excluding carboxylic acids is 3. The SMILES string of the molecule is CCc1cc(Br)cc(CC)c1NC(=O)CN1C(=O)[C@@H]2[C@H]3CC[C@@H](C3)[C@@H]2C1=O. The average Bonchev–Trinajstić information content (AvgIpc) is 3.32. The summed E-state index contributed by atoms with van der Waals surface area (Å²) in [4.78, 5) is 39.5. The largest absolute Gasteiger partial charge is 0.324 e. The van der Waals surface area contributed by atoms with E-state index >= 15 is 0 Å². The minimum absolute atomic E-state index is 0.130. The van der Waals surface area contributed by atoms with Crippen molar-refractivity contribution in [3.63, 3.8) is 0 Å². The molecule has 3 fully saturated rings. The normalized spacial score (nSPS) is 28.8. The first-order chi connectivity index (χ1) is 12.9. The van der Waals surface area contributed by atoms with Gasteiger partial charge in [0.05, 0.1) is 11.8 Å². The van der Waals surface area contributed by atoms with Crippen molar-refractivity contribution in [1.82, 2.24) is 4.90 Å². The number of likely N-dealkylation sites (tertiary alicyclic amines) is 1. The van der Waals surface area contributed by atoms with Crippen LogP contribution in [-0.4, -0.2) is 29.2 Å². The molecule has 2 aliphatic carbocycles. The van der Waals surface area contributed by atoms with Gasteiger partial charge in [0.15, 0.2) is 0 Å². The van der Waals surface area contributed by atoms with E-state index < -0.39 is 0 Å². The zero-order chi connectivity index (χ0) is 19.3. The molecular weight excluding hydrogens is 408 g/mol. The van der Waals surface area contributed by atoms with Crippen molar-refractivity contribution >= 4 is 39.3 Å². The zero-order valence-electron chi connectivity index (χ0n) is 15.8. The van der Waals surface area contributed by atoms with Gasteiger partial charge < -0.3 is 5.32 Å². The molecule has 1 aliphatic heterocycles. The molecule has 0 spiro atoms. The van der Waals surface area contributed by atoms with E-state index in [1.54, 1.807) is 0 Å². The molecule has 4 rings (SSSR count). The summed E-state index contributed by atoms with van der Waals surface area (Å²) in [6.45, 7) is 3.91. The molecule has 1 heterocycles. The van der Waals surface area contributed by atoms with Crippen LogP contribution >= 0.6 is 15.9 Å². The highest BCUT2D eigenvalue weighted by molar-refractivity contribution is 9.10. The lowest BCUT2D eigenvalue weighted by Crippen LogP contribution is -2.39. The van der Waals surface area contributed by atoms with Crippen LogP contribution < -0.4 is 5.32 Å². The number of nitrogens with one attached hydrogen (secondary N) is 1. The van der Waals surface area contributed by atoms with Gasteiger partial charge in [0, 0.05) is 10.2 Å². The zero-order valence-corrected chi connectivity index (χ0v) is 17.3. The second-order valence-electron chi connectivity index (χ2n) is 8.00. The molecule has 144 valence electrons. The number of aryl methyl sites for hydroxylation is 2. The van der Waals surface area contributed by atoms with E-state index in [0.717, 1.165) is 53.4 Å². The number of rotatable bonds is 5. The van der Waals surface area contributed by atoms with Crippen molar-refractivity contribution in [2.24, 2.45) is 23.7 Å². The molecule has 1 saturated heterocycles. The molecule has 0 aromatic heterocycles. The molecular formula is C21H25BrN2O3. The fourth-order valence-electron chi connectivity index (χ4n) is 5.39. The molecule has 1 aromatic carbocycles. The van der Waals surface area contributed by atoms with Crippen molar-refractivity contribution in [3.05, 3.63) is 27.7 Å². The van der Waals surface area contributed by atoms with E-state index in [1.807, 2.05) is 26.0 Å². The lowest BCUT2D eigenvalue weighted by Gasteiger charge is -2.19. The predicted octanol–water partition coefficient (Wildman–Crippen LogP) is 3.54. The number of fused-ring (bicyclic) bond motifs is 5. The Balaban J connectivity index is 1.51. The van der Waals surface area contributed by atoms with Gasteiger partial charge in [-0.25, -0.2) is 0 Å². The third kappa shape index (κ3) is 3.02. The molecule has 0 unspecified atom stereocenters. The molecule has 27 heavy (non-hydrogen) atoms. The van der Waals surface area contributed by atoms with E-state index in [1.165, 1.54) is 4.90 Å². The van der Waals surface area contributed by atoms with E-state index in [9.17, 15) is 14.4 Å². The maximum absolute atomic E-state index is 12.8. The predicted molar refractivity (Wildman–Crippen MR) is 106 cm³/mol. The number of nitrogens with zero attached hydrogens (tertiary/aromatic N) is 1. The number of hydrogen-bond donors (Lipinski definition) is 1. The van der Waals surface area contributed by atoms with Gasteiger partial charge in [0.1, 0.15) is 6.54 Å². The van der Waals surface area contributed by atoms with Gasteiger partial charge in [-0.15, -0.1) is 0 Å². The van der Waals surface area contributed by atoms with Crippen molar-refractivity contribution in [1.29, 1.82) is 0 Å². The van der Waals surface area contributed by atoms with Crippen molar-refractivity contribution in [2.75, 3.05) is 11.9 Å². The summed E-state index contributed by atoms with van der Waals surface area (Å²) in [5.74, 6) is -0.216. The van der Waals surface area contributed by atoms with Crippen LogP contribution in [0.4, 0.5) is 5.69 Å². The Morgan fingerprint density at radius 1 is 1.07 bits per heavy atom. The van der Waals surface area contributed by atoms with Gasteiger partial charge in [-0.1, -0.05) is 29.8 Å². The second kappa shape index (κ2) is 7.04. The Kier molecular flexibility index (Phi) is 4.87. The summed E-state index contributed by atoms with van der Waals surface area (Å²) < 4.78 is 0.988. The van der Waals surface area contributed by atoms with Crippen LogP contribution in [-0.2, 0) is 27.2 Å². The maximum atomic E-state index is 12.8. The van der Waals surface area contributed by atoms with Crippen molar-refractivity contribution < 1.29 is 14.4 Å². The van der Waals surface area contributed by atoms with Gasteiger partial charge in [-0.2, -0.15) is 0 Å². The first-order valence-corrected chi connectivity index (χ1v) is 10.7. The first-order valence-electron chi connectivity index (χ1n) is 9.90. The third-order valence-corrected chi connectivity index (χ3v) is 7.07. The molecule has 6 heteroatoms. The van der Waals surface area contributed by atoms with E-state index in [2.05, 4.69) is 21.2 Å². The Bertz CT molecular complexity index is 769. The Labute approximate surface area is 168 Å². The van der Waals surface area contributed by atoms with Crippen LogP contribution in [0.5, 0.6) is 0 Å². The molecule has 5 nitrogen and oxygen atoms in total. The minimum Gasteiger partial charge on any atom is -0.324 e. The molecule has 3 amide bonds. The van der Waals surface area contributed by atoms with Crippen LogP contribution in [0.3, 0.4) is 0 Å². The van der Waals surface area contributed by atoms with Crippen LogP contribution in [0.2, 0.25) is 0 Å². The van der Waals surface area contributed by atoms with Crippen LogP contribution in [0.1, 0.15) is 44.2 Å². The molecule has 1 aromatic rings. The molecule has 2 saturated carbocycles. The molecule has 1 N–H and O–H groups in total. The highest BCUT2D eigenvalue weighted by Gasteiger charge is 2.60. The Morgan fingerprint density at radius 3 is 2.07 bits per heavy atom. The molecule has 2 bridgehead atoms. The number of amides is 3. The number of hydrogen-bond acceptors (Lipinski definition) is 3. The minimum atomic E-state index is -0.296. The number of carbonyl (C=O) groups is 3. The number of imide groups is 1. The van der Waals surface area contributed by atoms with E-state index in [-0.39, 0.29) is 36.1 Å². The summed E-state index contributed by atoms with van der Waals surface area (Å²) in [6, 6.07) is 4.01. The molecule has 3 aliphatic rings. The summed E-state index contributed by atoms with van der Waals surface area (Å²) in [5.41, 5.74) is 2.90. The van der Waals surface area contributed by atoms with Crippen LogP contribution in [0, 0.1) is 23.7 Å². The summed E-state index contributed by atoms with van der Waals surface area (Å²) in [6.07, 6.45) is 4.67. The average molecular weight is 433 g/mol. The highest BCUT2D eigenvalue weighted by atomic mass is 79.9. The van der Waals surface area contributed by atoms with E-state index in [0.29, 0.717) is 11.8 Å². The van der Waals surface area contributed by atoms with E-state index in [4.69, 9.17) is 0 Å². The lowest BCUT2D eigenvalue weighted by molar-refractivity contribution is -0.143. The van der Waals surface area contributed by atoms with Gasteiger partial charge in [-0.3, -0.25) is 19.3 Å². The van der Waals surface area contributed by atoms with Crippen molar-refractivity contribution in [2.45, 2.75) is 46.0 Å². The summed E-state index contributed by atoms with van der Waals surface area (Å²) in [7, 11) is 0. The topological polar surface area (TPSA) is 66.5 Å². The van der Waals surface area contributed by atoms with Crippen LogP contribution in [0.15, 0.2) is 16.6 Å². The first kappa shape index (κ1) is 18.7. The maximum Gasteiger partial charge on any atom is 0.244 e.